The van der Waals surface area contributed by atoms with Gasteiger partial charge in [-0.15, -0.1) is 0 Å². The molecule has 0 radical (unpaired) electrons. The second-order valence-corrected chi connectivity index (χ2v) is 3.22. The molecule has 88 valence electrons. The Hall–Kier alpha value is -1.92. The summed E-state index contributed by atoms with van der Waals surface area (Å²) < 4.78 is 5.31. The van der Waals surface area contributed by atoms with Gasteiger partial charge in [-0.25, -0.2) is 19.9 Å². The maximum absolute atomic E-state index is 10.5. The molecule has 0 aliphatic heterocycles. The van der Waals surface area contributed by atoms with Crippen molar-refractivity contribution in [3.63, 3.8) is 0 Å². The van der Waals surface area contributed by atoms with Gasteiger partial charge >= 0.3 is 0 Å². The summed E-state index contributed by atoms with van der Waals surface area (Å²) in [4.78, 5) is 15.9. The maximum atomic E-state index is 10.5. The van der Waals surface area contributed by atoms with Gasteiger partial charge in [0.2, 0.25) is 0 Å². The van der Waals surface area contributed by atoms with E-state index < -0.39 is 5.79 Å². The zero-order valence-corrected chi connectivity index (χ0v) is 9.32. The van der Waals surface area contributed by atoms with Gasteiger partial charge in [0.1, 0.15) is 0 Å². The molecule has 0 bridgehead atoms. The Morgan fingerprint density at radius 2 is 1.41 bits per heavy atom. The SMILES string of the molecule is CCOC(O)(c1ncccn1)c1ncccn1. The summed E-state index contributed by atoms with van der Waals surface area (Å²) in [6.07, 6.45) is 6.09. The molecule has 1 N–H and O–H groups in total. The first kappa shape index (κ1) is 11.6. The van der Waals surface area contributed by atoms with Crippen LogP contribution >= 0.6 is 0 Å². The van der Waals surface area contributed by atoms with Gasteiger partial charge < -0.3 is 9.84 Å². The molecule has 2 aromatic rings. The van der Waals surface area contributed by atoms with E-state index in [0.29, 0.717) is 0 Å². The molecule has 2 heterocycles. The molecule has 0 unspecified atom stereocenters. The van der Waals surface area contributed by atoms with Gasteiger partial charge in [0, 0.05) is 31.4 Å². The monoisotopic (exact) mass is 232 g/mol. The van der Waals surface area contributed by atoms with Crippen LogP contribution in [-0.2, 0) is 10.5 Å². The fourth-order valence-corrected chi connectivity index (χ4v) is 1.39. The van der Waals surface area contributed by atoms with Crippen molar-refractivity contribution in [2.75, 3.05) is 6.61 Å². The topological polar surface area (TPSA) is 81.0 Å². The maximum Gasteiger partial charge on any atom is 0.290 e. The van der Waals surface area contributed by atoms with Crippen LogP contribution in [0.15, 0.2) is 36.9 Å². The molecule has 0 fully saturated rings. The Labute approximate surface area is 98.4 Å². The summed E-state index contributed by atoms with van der Waals surface area (Å²) in [5, 5.41) is 10.5. The van der Waals surface area contributed by atoms with Crippen LogP contribution in [0.25, 0.3) is 0 Å². The Morgan fingerprint density at radius 1 is 1.00 bits per heavy atom. The van der Waals surface area contributed by atoms with E-state index in [1.165, 1.54) is 24.8 Å². The van der Waals surface area contributed by atoms with Crippen molar-refractivity contribution in [1.29, 1.82) is 0 Å². The highest BCUT2D eigenvalue weighted by atomic mass is 16.6. The van der Waals surface area contributed by atoms with Crippen LogP contribution in [0.4, 0.5) is 0 Å². The number of aliphatic hydroxyl groups is 1. The molecule has 0 amide bonds. The molecule has 0 saturated carbocycles. The predicted molar refractivity (Wildman–Crippen MR) is 58.7 cm³/mol. The van der Waals surface area contributed by atoms with E-state index in [4.69, 9.17) is 4.74 Å². The fourth-order valence-electron chi connectivity index (χ4n) is 1.39. The van der Waals surface area contributed by atoms with Gasteiger partial charge in [0.05, 0.1) is 0 Å². The highest BCUT2D eigenvalue weighted by Crippen LogP contribution is 2.24. The molecule has 0 saturated heterocycles. The van der Waals surface area contributed by atoms with Gasteiger partial charge in [-0.05, 0) is 19.1 Å². The number of ether oxygens (including phenoxy) is 1. The molecule has 2 aromatic heterocycles. The lowest BCUT2D eigenvalue weighted by Crippen LogP contribution is -2.35. The third-order valence-electron chi connectivity index (χ3n) is 2.09. The molecule has 6 heteroatoms. The fraction of sp³-hybridized carbons (Fsp3) is 0.273. The van der Waals surface area contributed by atoms with Crippen molar-refractivity contribution in [2.45, 2.75) is 12.7 Å². The lowest BCUT2D eigenvalue weighted by molar-refractivity contribution is -0.188. The first-order valence-corrected chi connectivity index (χ1v) is 5.18. The quantitative estimate of drug-likeness (QED) is 0.773. The van der Waals surface area contributed by atoms with Crippen molar-refractivity contribution in [1.82, 2.24) is 19.9 Å². The Kier molecular flexibility index (Phi) is 3.36. The van der Waals surface area contributed by atoms with Gasteiger partial charge in [-0.1, -0.05) is 0 Å². The van der Waals surface area contributed by atoms with E-state index in [-0.39, 0.29) is 18.3 Å². The van der Waals surface area contributed by atoms with Crippen molar-refractivity contribution < 1.29 is 9.84 Å². The average molecular weight is 232 g/mol. The molecule has 0 aliphatic rings. The van der Waals surface area contributed by atoms with E-state index in [9.17, 15) is 5.11 Å². The van der Waals surface area contributed by atoms with Crippen LogP contribution in [0.2, 0.25) is 0 Å². The molecule has 6 nitrogen and oxygen atoms in total. The molecule has 17 heavy (non-hydrogen) atoms. The molecule has 0 spiro atoms. The van der Waals surface area contributed by atoms with Crippen molar-refractivity contribution in [3.8, 4) is 0 Å². The van der Waals surface area contributed by atoms with Crippen LogP contribution in [0.5, 0.6) is 0 Å². The van der Waals surface area contributed by atoms with Crippen molar-refractivity contribution in [2.24, 2.45) is 0 Å². The first-order valence-electron chi connectivity index (χ1n) is 5.18. The third kappa shape index (κ3) is 2.27. The Bertz CT molecular complexity index is 424. The zero-order valence-electron chi connectivity index (χ0n) is 9.32. The number of hydrogen-bond acceptors (Lipinski definition) is 6. The molecular formula is C11H12N4O2. The second-order valence-electron chi connectivity index (χ2n) is 3.22. The number of hydrogen-bond donors (Lipinski definition) is 1. The van der Waals surface area contributed by atoms with Crippen LogP contribution < -0.4 is 0 Å². The van der Waals surface area contributed by atoms with Crippen LogP contribution in [0.1, 0.15) is 18.6 Å². The lowest BCUT2D eigenvalue weighted by atomic mass is 10.2. The van der Waals surface area contributed by atoms with E-state index >= 15 is 0 Å². The van der Waals surface area contributed by atoms with E-state index in [1.54, 1.807) is 19.1 Å². The van der Waals surface area contributed by atoms with Gasteiger partial charge in [-0.2, -0.15) is 0 Å². The summed E-state index contributed by atoms with van der Waals surface area (Å²) in [6, 6.07) is 3.31. The molecular weight excluding hydrogens is 220 g/mol. The Morgan fingerprint density at radius 3 is 1.76 bits per heavy atom. The molecule has 0 aliphatic carbocycles. The second kappa shape index (κ2) is 4.94. The van der Waals surface area contributed by atoms with Crippen LogP contribution in [-0.4, -0.2) is 31.6 Å². The highest BCUT2D eigenvalue weighted by Gasteiger charge is 2.38. The van der Waals surface area contributed by atoms with Crippen LogP contribution in [0.3, 0.4) is 0 Å². The molecule has 0 atom stereocenters. The van der Waals surface area contributed by atoms with Gasteiger partial charge in [-0.3, -0.25) is 0 Å². The van der Waals surface area contributed by atoms with Crippen molar-refractivity contribution >= 4 is 0 Å². The van der Waals surface area contributed by atoms with E-state index in [2.05, 4.69) is 19.9 Å². The minimum atomic E-state index is -1.81. The number of aromatic nitrogens is 4. The first-order chi connectivity index (χ1) is 8.27. The molecule has 0 aromatic carbocycles. The molecule has 2 rings (SSSR count). The average Bonchev–Trinajstić information content (AvgIpc) is 2.41. The number of nitrogens with zero attached hydrogens (tertiary/aromatic N) is 4. The Balaban J connectivity index is 2.47. The largest absolute Gasteiger partial charge is 0.353 e. The minimum Gasteiger partial charge on any atom is -0.353 e. The third-order valence-corrected chi connectivity index (χ3v) is 2.09. The van der Waals surface area contributed by atoms with Gasteiger partial charge in [0.25, 0.3) is 5.79 Å². The van der Waals surface area contributed by atoms with Gasteiger partial charge in [0.15, 0.2) is 11.6 Å². The number of rotatable bonds is 4. The van der Waals surface area contributed by atoms with E-state index in [1.807, 2.05) is 0 Å². The van der Waals surface area contributed by atoms with E-state index in [0.717, 1.165) is 0 Å². The normalized spacial score (nSPS) is 11.4. The smallest absolute Gasteiger partial charge is 0.290 e. The summed E-state index contributed by atoms with van der Waals surface area (Å²) in [7, 11) is 0. The highest BCUT2D eigenvalue weighted by molar-refractivity contribution is 5.11. The standard InChI is InChI=1S/C11H12N4O2/c1-2-17-11(16,9-12-5-3-6-13-9)10-14-7-4-8-15-10/h3-8,16H,2H2,1H3. The summed E-state index contributed by atoms with van der Waals surface area (Å²) in [6.45, 7) is 2.05. The summed E-state index contributed by atoms with van der Waals surface area (Å²) in [5.74, 6) is -1.57. The minimum absolute atomic E-state index is 0.119. The summed E-state index contributed by atoms with van der Waals surface area (Å²) >= 11 is 0. The van der Waals surface area contributed by atoms with Crippen molar-refractivity contribution in [3.05, 3.63) is 48.6 Å². The van der Waals surface area contributed by atoms with Crippen LogP contribution in [0, 0.1) is 0 Å². The lowest BCUT2D eigenvalue weighted by Gasteiger charge is -2.23. The zero-order chi connectivity index (χ0) is 12.1. The predicted octanol–water partition coefficient (Wildman–Crippen LogP) is 0.496. The summed E-state index contributed by atoms with van der Waals surface area (Å²) in [5.41, 5.74) is 0.